The van der Waals surface area contributed by atoms with E-state index in [1.807, 2.05) is 0 Å². The zero-order chi connectivity index (χ0) is 7.40. The molecule has 1 unspecified atom stereocenters. The molecule has 1 heteroatoms. The standard InChI is InChI=1S/C9H17O/c1-8(6-7-10)2-3-9-4-5-9/h8-9H,2-7H2,1H3. The summed E-state index contributed by atoms with van der Waals surface area (Å²) in [5.74, 6) is 1.72. The van der Waals surface area contributed by atoms with Crippen molar-refractivity contribution in [1.82, 2.24) is 0 Å². The molecule has 59 valence electrons. The second-order valence-corrected chi connectivity index (χ2v) is 3.62. The highest BCUT2D eigenvalue weighted by atomic mass is 16.2. The Bertz CT molecular complexity index is 86.7. The van der Waals surface area contributed by atoms with Crippen LogP contribution in [0.5, 0.6) is 0 Å². The average molecular weight is 141 g/mol. The molecule has 0 saturated heterocycles. The van der Waals surface area contributed by atoms with Gasteiger partial charge in [-0.25, -0.2) is 5.11 Å². The molecule has 1 saturated carbocycles. The predicted octanol–water partition coefficient (Wildman–Crippen LogP) is 2.63. The van der Waals surface area contributed by atoms with Gasteiger partial charge in [0.05, 0.1) is 6.61 Å². The second kappa shape index (κ2) is 3.97. The van der Waals surface area contributed by atoms with Crippen LogP contribution < -0.4 is 0 Å². The fourth-order valence-corrected chi connectivity index (χ4v) is 1.27. The Morgan fingerprint density at radius 2 is 2.10 bits per heavy atom. The molecule has 1 radical (unpaired) electrons. The van der Waals surface area contributed by atoms with E-state index < -0.39 is 0 Å². The van der Waals surface area contributed by atoms with E-state index in [2.05, 4.69) is 6.92 Å². The van der Waals surface area contributed by atoms with Crippen molar-refractivity contribution < 1.29 is 5.11 Å². The van der Waals surface area contributed by atoms with Gasteiger partial charge in [-0.2, -0.15) is 0 Å². The zero-order valence-corrected chi connectivity index (χ0v) is 6.81. The average Bonchev–Trinajstić information content (AvgIpc) is 2.67. The highest BCUT2D eigenvalue weighted by Gasteiger charge is 2.21. The summed E-state index contributed by atoms with van der Waals surface area (Å²) in [6, 6.07) is 0. The summed E-state index contributed by atoms with van der Waals surface area (Å²) < 4.78 is 0. The summed E-state index contributed by atoms with van der Waals surface area (Å²) in [6.07, 6.45) is 6.44. The van der Waals surface area contributed by atoms with Crippen LogP contribution in [0.1, 0.15) is 39.0 Å². The Hall–Kier alpha value is -0.0400. The van der Waals surface area contributed by atoms with Crippen LogP contribution >= 0.6 is 0 Å². The second-order valence-electron chi connectivity index (χ2n) is 3.62. The molecule has 0 spiro atoms. The maximum atomic E-state index is 10.2. The molecule has 0 heterocycles. The van der Waals surface area contributed by atoms with Crippen LogP contribution in [-0.2, 0) is 5.11 Å². The van der Waals surface area contributed by atoms with Crippen molar-refractivity contribution in [3.8, 4) is 0 Å². The van der Waals surface area contributed by atoms with Gasteiger partial charge in [-0.05, 0) is 18.3 Å². The third-order valence-electron chi connectivity index (χ3n) is 2.38. The van der Waals surface area contributed by atoms with Gasteiger partial charge in [0.25, 0.3) is 0 Å². The Morgan fingerprint density at radius 1 is 1.40 bits per heavy atom. The quantitative estimate of drug-likeness (QED) is 0.561. The molecule has 10 heavy (non-hydrogen) atoms. The molecular formula is C9H17O. The van der Waals surface area contributed by atoms with E-state index in [9.17, 15) is 5.11 Å². The van der Waals surface area contributed by atoms with E-state index in [-0.39, 0.29) is 6.61 Å². The summed E-state index contributed by atoms with van der Waals surface area (Å²) in [5.41, 5.74) is 0. The summed E-state index contributed by atoms with van der Waals surface area (Å²) in [5, 5.41) is 10.2. The monoisotopic (exact) mass is 141 g/mol. The Kier molecular flexibility index (Phi) is 3.20. The molecule has 1 fully saturated rings. The third-order valence-corrected chi connectivity index (χ3v) is 2.38. The largest absolute Gasteiger partial charge is 0.237 e. The molecule has 0 bridgehead atoms. The van der Waals surface area contributed by atoms with E-state index in [0.29, 0.717) is 5.92 Å². The molecule has 0 aliphatic heterocycles. The molecule has 0 N–H and O–H groups in total. The van der Waals surface area contributed by atoms with Gasteiger partial charge in [0.1, 0.15) is 0 Å². The lowest BCUT2D eigenvalue weighted by atomic mass is 10.0. The Labute approximate surface area is 63.4 Å². The summed E-state index contributed by atoms with van der Waals surface area (Å²) in [6.45, 7) is 2.31. The van der Waals surface area contributed by atoms with Gasteiger partial charge >= 0.3 is 0 Å². The molecule has 1 aliphatic carbocycles. The number of hydrogen-bond donors (Lipinski definition) is 0. The van der Waals surface area contributed by atoms with Gasteiger partial charge in [0.15, 0.2) is 0 Å². The lowest BCUT2D eigenvalue weighted by Gasteiger charge is -2.06. The first-order valence-electron chi connectivity index (χ1n) is 4.41. The minimum Gasteiger partial charge on any atom is -0.237 e. The fraction of sp³-hybridized carbons (Fsp3) is 1.00. The van der Waals surface area contributed by atoms with E-state index in [1.165, 1.54) is 25.7 Å². The molecular weight excluding hydrogens is 124 g/mol. The fourth-order valence-electron chi connectivity index (χ4n) is 1.27. The topological polar surface area (TPSA) is 19.9 Å². The molecule has 1 aliphatic rings. The lowest BCUT2D eigenvalue weighted by Crippen LogP contribution is -1.97. The van der Waals surface area contributed by atoms with E-state index in [4.69, 9.17) is 0 Å². The first kappa shape index (κ1) is 8.06. The highest BCUT2D eigenvalue weighted by molar-refractivity contribution is 4.73. The van der Waals surface area contributed by atoms with Crippen molar-refractivity contribution in [2.45, 2.75) is 39.0 Å². The van der Waals surface area contributed by atoms with E-state index in [0.717, 1.165) is 12.3 Å². The number of rotatable bonds is 5. The summed E-state index contributed by atoms with van der Waals surface area (Å²) in [4.78, 5) is 0. The summed E-state index contributed by atoms with van der Waals surface area (Å²) in [7, 11) is 0. The molecule has 0 aromatic carbocycles. The first-order chi connectivity index (χ1) is 4.83. The van der Waals surface area contributed by atoms with Gasteiger partial charge in [-0.1, -0.05) is 32.6 Å². The molecule has 1 rings (SSSR count). The maximum Gasteiger partial charge on any atom is 0.0824 e. The molecule has 0 aromatic heterocycles. The van der Waals surface area contributed by atoms with Gasteiger partial charge in [-0.15, -0.1) is 0 Å². The van der Waals surface area contributed by atoms with Gasteiger partial charge in [-0.3, -0.25) is 0 Å². The predicted molar refractivity (Wildman–Crippen MR) is 41.3 cm³/mol. The molecule has 0 amide bonds. The van der Waals surface area contributed by atoms with Crippen LogP contribution in [0.25, 0.3) is 0 Å². The van der Waals surface area contributed by atoms with Crippen molar-refractivity contribution in [2.75, 3.05) is 6.61 Å². The SMILES string of the molecule is CC(CC[O])CCC1CC1. The normalized spacial score (nSPS) is 21.0. The summed E-state index contributed by atoms with van der Waals surface area (Å²) >= 11 is 0. The van der Waals surface area contributed by atoms with E-state index in [1.54, 1.807) is 0 Å². The van der Waals surface area contributed by atoms with Crippen LogP contribution in [0.3, 0.4) is 0 Å². The van der Waals surface area contributed by atoms with Gasteiger partial charge in [0, 0.05) is 0 Å². The lowest BCUT2D eigenvalue weighted by molar-refractivity contribution is 0.170. The maximum absolute atomic E-state index is 10.2. The Morgan fingerprint density at radius 3 is 2.60 bits per heavy atom. The van der Waals surface area contributed by atoms with Crippen molar-refractivity contribution in [1.29, 1.82) is 0 Å². The van der Waals surface area contributed by atoms with Crippen LogP contribution in [0.4, 0.5) is 0 Å². The Balaban J connectivity index is 1.89. The number of hydrogen-bond acceptors (Lipinski definition) is 0. The van der Waals surface area contributed by atoms with Crippen LogP contribution in [0.2, 0.25) is 0 Å². The molecule has 0 aromatic rings. The zero-order valence-electron chi connectivity index (χ0n) is 6.81. The van der Waals surface area contributed by atoms with Crippen molar-refractivity contribution >= 4 is 0 Å². The first-order valence-corrected chi connectivity index (χ1v) is 4.41. The van der Waals surface area contributed by atoms with Crippen molar-refractivity contribution in [3.63, 3.8) is 0 Å². The van der Waals surface area contributed by atoms with Crippen molar-refractivity contribution in [2.24, 2.45) is 11.8 Å². The van der Waals surface area contributed by atoms with Gasteiger partial charge in [0.2, 0.25) is 0 Å². The van der Waals surface area contributed by atoms with Crippen LogP contribution in [0, 0.1) is 11.8 Å². The van der Waals surface area contributed by atoms with Crippen molar-refractivity contribution in [3.05, 3.63) is 0 Å². The molecule has 1 atom stereocenters. The minimum absolute atomic E-state index is 0.117. The smallest absolute Gasteiger partial charge is 0.0824 e. The molecule has 1 nitrogen and oxygen atoms in total. The van der Waals surface area contributed by atoms with Crippen LogP contribution in [-0.4, -0.2) is 6.61 Å². The van der Waals surface area contributed by atoms with E-state index >= 15 is 0 Å². The highest BCUT2D eigenvalue weighted by Crippen LogP contribution is 2.34. The van der Waals surface area contributed by atoms with Gasteiger partial charge < -0.3 is 0 Å². The van der Waals surface area contributed by atoms with Crippen LogP contribution in [0.15, 0.2) is 0 Å². The third kappa shape index (κ3) is 3.21. The minimum atomic E-state index is 0.117.